The van der Waals surface area contributed by atoms with Crippen LogP contribution in [0.1, 0.15) is 19.4 Å². The molecule has 1 aliphatic rings. The number of sulfonamides is 1. The second-order valence-corrected chi connectivity index (χ2v) is 9.91. The summed E-state index contributed by atoms with van der Waals surface area (Å²) in [6.07, 6.45) is 0. The highest BCUT2D eigenvalue weighted by Gasteiger charge is 2.31. The molecule has 9 heteroatoms. The number of hydrogen-bond donors (Lipinski definition) is 0. The SMILES string of the molecule is CCOc1ccc(S(=O)(=O)N2CCN(c3ccc(-c4ccc(C)cc4)nn3)CC2)c(OCC)c1. The van der Waals surface area contributed by atoms with Crippen LogP contribution in [0.4, 0.5) is 5.82 Å². The Balaban J connectivity index is 1.45. The van der Waals surface area contributed by atoms with E-state index in [0.29, 0.717) is 50.9 Å². The van der Waals surface area contributed by atoms with Crippen molar-refractivity contribution in [2.75, 3.05) is 44.3 Å². The highest BCUT2D eigenvalue weighted by molar-refractivity contribution is 7.89. The second kappa shape index (κ2) is 10.4. The summed E-state index contributed by atoms with van der Waals surface area (Å²) >= 11 is 0. The van der Waals surface area contributed by atoms with Gasteiger partial charge < -0.3 is 14.4 Å². The highest BCUT2D eigenvalue weighted by Crippen LogP contribution is 2.32. The third-order valence-electron chi connectivity index (χ3n) is 5.70. The molecule has 2 heterocycles. The molecule has 0 spiro atoms. The number of piperazine rings is 1. The van der Waals surface area contributed by atoms with Crippen LogP contribution >= 0.6 is 0 Å². The Morgan fingerprint density at radius 2 is 1.56 bits per heavy atom. The van der Waals surface area contributed by atoms with E-state index in [1.165, 1.54) is 9.87 Å². The largest absolute Gasteiger partial charge is 0.494 e. The summed E-state index contributed by atoms with van der Waals surface area (Å²) in [5.41, 5.74) is 3.02. The van der Waals surface area contributed by atoms with Crippen LogP contribution in [0.5, 0.6) is 11.5 Å². The topological polar surface area (TPSA) is 84.9 Å². The molecule has 1 aliphatic heterocycles. The molecule has 0 aliphatic carbocycles. The van der Waals surface area contributed by atoms with Crippen molar-refractivity contribution in [2.45, 2.75) is 25.7 Å². The van der Waals surface area contributed by atoms with Crippen LogP contribution in [-0.2, 0) is 10.0 Å². The lowest BCUT2D eigenvalue weighted by atomic mass is 10.1. The van der Waals surface area contributed by atoms with E-state index in [4.69, 9.17) is 9.47 Å². The number of aromatic nitrogens is 2. The van der Waals surface area contributed by atoms with Crippen molar-refractivity contribution < 1.29 is 17.9 Å². The van der Waals surface area contributed by atoms with Crippen LogP contribution in [0.25, 0.3) is 11.3 Å². The van der Waals surface area contributed by atoms with Gasteiger partial charge in [-0.1, -0.05) is 29.8 Å². The van der Waals surface area contributed by atoms with Gasteiger partial charge in [0.25, 0.3) is 0 Å². The Labute approximate surface area is 201 Å². The first-order chi connectivity index (χ1) is 16.4. The number of anilines is 1. The Bertz CT molecular complexity index is 1210. The third kappa shape index (κ3) is 5.15. The second-order valence-electron chi connectivity index (χ2n) is 8.01. The van der Waals surface area contributed by atoms with E-state index >= 15 is 0 Å². The molecule has 0 N–H and O–H groups in total. The van der Waals surface area contributed by atoms with E-state index in [0.717, 1.165) is 17.1 Å². The molecule has 0 bridgehead atoms. The predicted octanol–water partition coefficient (Wildman–Crippen LogP) is 3.76. The van der Waals surface area contributed by atoms with Crippen molar-refractivity contribution in [1.29, 1.82) is 0 Å². The molecular weight excluding hydrogens is 452 g/mol. The maximum atomic E-state index is 13.4. The first-order valence-corrected chi connectivity index (χ1v) is 12.9. The Kier molecular flexibility index (Phi) is 7.33. The van der Waals surface area contributed by atoms with Gasteiger partial charge in [0.15, 0.2) is 5.82 Å². The monoisotopic (exact) mass is 482 g/mol. The number of benzene rings is 2. The van der Waals surface area contributed by atoms with E-state index in [9.17, 15) is 8.42 Å². The van der Waals surface area contributed by atoms with Crippen molar-refractivity contribution in [3.05, 3.63) is 60.2 Å². The molecule has 0 atom stereocenters. The van der Waals surface area contributed by atoms with Crippen molar-refractivity contribution in [3.8, 4) is 22.8 Å². The van der Waals surface area contributed by atoms with Crippen LogP contribution in [-0.4, -0.2) is 62.3 Å². The molecule has 1 saturated heterocycles. The van der Waals surface area contributed by atoms with Crippen molar-refractivity contribution in [2.24, 2.45) is 0 Å². The number of nitrogens with zero attached hydrogens (tertiary/aromatic N) is 4. The van der Waals surface area contributed by atoms with E-state index < -0.39 is 10.0 Å². The molecule has 3 aromatic rings. The van der Waals surface area contributed by atoms with Gasteiger partial charge in [0.1, 0.15) is 16.4 Å². The minimum atomic E-state index is -3.71. The zero-order chi connectivity index (χ0) is 24.1. The van der Waals surface area contributed by atoms with Crippen molar-refractivity contribution in [1.82, 2.24) is 14.5 Å². The number of hydrogen-bond acceptors (Lipinski definition) is 7. The molecule has 180 valence electrons. The maximum absolute atomic E-state index is 13.4. The van der Waals surface area contributed by atoms with Gasteiger partial charge in [0.2, 0.25) is 10.0 Å². The fourth-order valence-electron chi connectivity index (χ4n) is 3.90. The lowest BCUT2D eigenvalue weighted by Gasteiger charge is -2.34. The summed E-state index contributed by atoms with van der Waals surface area (Å²) < 4.78 is 39.4. The molecular formula is C25H30N4O4S. The van der Waals surface area contributed by atoms with Gasteiger partial charge in [0, 0.05) is 37.8 Å². The molecule has 2 aromatic carbocycles. The average molecular weight is 483 g/mol. The first-order valence-electron chi connectivity index (χ1n) is 11.5. The lowest BCUT2D eigenvalue weighted by molar-refractivity contribution is 0.314. The van der Waals surface area contributed by atoms with Crippen molar-refractivity contribution >= 4 is 15.8 Å². The maximum Gasteiger partial charge on any atom is 0.246 e. The minimum Gasteiger partial charge on any atom is -0.494 e. The zero-order valence-electron chi connectivity index (χ0n) is 19.8. The normalized spacial score (nSPS) is 14.7. The van der Waals surface area contributed by atoms with E-state index in [1.54, 1.807) is 18.2 Å². The number of aryl methyl sites for hydroxylation is 1. The molecule has 1 fully saturated rings. The standard InChI is InChI=1S/C25H30N4O4S/c1-4-32-21-10-12-24(23(18-21)33-5-2)34(30,31)29-16-14-28(15-17-29)25-13-11-22(26-27-25)20-8-6-19(3)7-9-20/h6-13,18H,4-5,14-17H2,1-3H3. The Morgan fingerprint density at radius 1 is 0.853 bits per heavy atom. The Morgan fingerprint density at radius 3 is 2.18 bits per heavy atom. The minimum absolute atomic E-state index is 0.161. The van der Waals surface area contributed by atoms with Crippen LogP contribution in [0.3, 0.4) is 0 Å². The molecule has 0 radical (unpaired) electrons. The molecule has 4 rings (SSSR count). The van der Waals surface area contributed by atoms with Crippen LogP contribution in [0.15, 0.2) is 59.5 Å². The van der Waals surface area contributed by atoms with E-state index in [-0.39, 0.29) is 4.90 Å². The molecule has 0 unspecified atom stereocenters. The van der Waals surface area contributed by atoms with E-state index in [2.05, 4.69) is 15.1 Å². The van der Waals surface area contributed by atoms with Gasteiger partial charge in [-0.15, -0.1) is 10.2 Å². The molecule has 0 saturated carbocycles. The molecule has 1 aromatic heterocycles. The molecule has 8 nitrogen and oxygen atoms in total. The lowest BCUT2D eigenvalue weighted by Crippen LogP contribution is -2.49. The van der Waals surface area contributed by atoms with Gasteiger partial charge >= 0.3 is 0 Å². The number of ether oxygens (including phenoxy) is 2. The van der Waals surface area contributed by atoms with Crippen molar-refractivity contribution in [3.63, 3.8) is 0 Å². The highest BCUT2D eigenvalue weighted by atomic mass is 32.2. The van der Waals surface area contributed by atoms with Gasteiger partial charge in [-0.25, -0.2) is 8.42 Å². The zero-order valence-corrected chi connectivity index (χ0v) is 20.6. The summed E-state index contributed by atoms with van der Waals surface area (Å²) in [5.74, 6) is 1.64. The fraction of sp³-hybridized carbons (Fsp3) is 0.360. The van der Waals surface area contributed by atoms with Crippen LogP contribution in [0, 0.1) is 6.92 Å². The fourth-order valence-corrected chi connectivity index (χ4v) is 5.43. The van der Waals surface area contributed by atoms with E-state index in [1.807, 2.05) is 57.2 Å². The smallest absolute Gasteiger partial charge is 0.246 e. The Hall–Kier alpha value is -3.17. The van der Waals surface area contributed by atoms with Gasteiger partial charge in [-0.2, -0.15) is 4.31 Å². The molecule has 0 amide bonds. The predicted molar refractivity (Wildman–Crippen MR) is 132 cm³/mol. The summed E-state index contributed by atoms with van der Waals surface area (Å²) in [4.78, 5) is 2.22. The van der Waals surface area contributed by atoms with Gasteiger partial charge in [0.05, 0.1) is 18.9 Å². The molecule has 34 heavy (non-hydrogen) atoms. The third-order valence-corrected chi connectivity index (χ3v) is 7.64. The quantitative estimate of drug-likeness (QED) is 0.483. The summed E-state index contributed by atoms with van der Waals surface area (Å²) in [7, 11) is -3.71. The summed E-state index contributed by atoms with van der Waals surface area (Å²) in [6, 6.07) is 16.9. The van der Waals surface area contributed by atoms with Crippen LogP contribution in [0.2, 0.25) is 0 Å². The summed E-state index contributed by atoms with van der Waals surface area (Å²) in [6.45, 7) is 8.37. The summed E-state index contributed by atoms with van der Waals surface area (Å²) in [5, 5.41) is 8.76. The first kappa shape index (κ1) is 24.0. The van der Waals surface area contributed by atoms with Crippen LogP contribution < -0.4 is 14.4 Å². The van der Waals surface area contributed by atoms with Gasteiger partial charge in [-0.3, -0.25) is 0 Å². The average Bonchev–Trinajstić information content (AvgIpc) is 2.85. The number of rotatable bonds is 8. The van der Waals surface area contributed by atoms with Gasteiger partial charge in [-0.05, 0) is 45.0 Å².